The van der Waals surface area contributed by atoms with E-state index < -0.39 is 42.5 Å². The fourth-order valence-electron chi connectivity index (χ4n) is 5.48. The Morgan fingerprint density at radius 2 is 1.22 bits per heavy atom. The largest absolute Gasteiger partial charge is 0.508 e. The fraction of sp³-hybridized carbons (Fsp3) is 0.308. The molecule has 0 unspecified atom stereocenters. The van der Waals surface area contributed by atoms with Gasteiger partial charge in [0.1, 0.15) is 36.2 Å². The number of hydrogen-bond donors (Lipinski definition) is 1. The molecule has 1 saturated heterocycles. The Bertz CT molecular complexity index is 1740. The van der Waals surface area contributed by atoms with E-state index in [0.29, 0.717) is 43.1 Å². The number of carbonyl (C=O) groups excluding carboxylic acids is 3. The number of esters is 3. The van der Waals surface area contributed by atoms with Gasteiger partial charge in [-0.2, -0.15) is 0 Å². The van der Waals surface area contributed by atoms with Gasteiger partial charge in [0.05, 0.1) is 6.61 Å². The molecule has 11 heteroatoms. The van der Waals surface area contributed by atoms with Gasteiger partial charge in [-0.1, -0.05) is 72.8 Å². The van der Waals surface area contributed by atoms with Gasteiger partial charge < -0.3 is 38.3 Å². The molecular formula is C39H40O11. The van der Waals surface area contributed by atoms with Crippen molar-refractivity contribution in [3.8, 4) is 23.0 Å². The van der Waals surface area contributed by atoms with Gasteiger partial charge in [0.2, 0.25) is 12.4 Å². The first-order valence-electron chi connectivity index (χ1n) is 16.2. The molecule has 262 valence electrons. The van der Waals surface area contributed by atoms with Crippen molar-refractivity contribution in [3.63, 3.8) is 0 Å². The molecule has 1 heterocycles. The zero-order valence-electron chi connectivity index (χ0n) is 28.1. The number of aromatic hydroxyl groups is 1. The first kappa shape index (κ1) is 35.7. The summed E-state index contributed by atoms with van der Waals surface area (Å²) in [6.45, 7) is 4.18. The summed E-state index contributed by atoms with van der Waals surface area (Å²) in [5.41, 5.74) is 3.68. The van der Waals surface area contributed by atoms with E-state index in [-0.39, 0.29) is 18.1 Å². The molecule has 1 aliphatic heterocycles. The number of aryl methyl sites for hydroxylation is 2. The van der Waals surface area contributed by atoms with Gasteiger partial charge in [-0.05, 0) is 47.2 Å². The molecule has 0 amide bonds. The predicted octanol–water partition coefficient (Wildman–Crippen LogP) is 5.87. The molecule has 50 heavy (non-hydrogen) atoms. The zero-order chi connectivity index (χ0) is 35.5. The quantitative estimate of drug-likeness (QED) is 0.126. The van der Waals surface area contributed by atoms with Crippen molar-refractivity contribution >= 4 is 17.9 Å². The molecule has 0 saturated carbocycles. The van der Waals surface area contributed by atoms with E-state index in [2.05, 4.69) is 0 Å². The van der Waals surface area contributed by atoms with Crippen molar-refractivity contribution in [2.75, 3.05) is 6.61 Å². The molecule has 11 nitrogen and oxygen atoms in total. The van der Waals surface area contributed by atoms with Crippen LogP contribution >= 0.6 is 0 Å². The van der Waals surface area contributed by atoms with Gasteiger partial charge in [0.25, 0.3) is 0 Å². The first-order valence-corrected chi connectivity index (χ1v) is 16.2. The van der Waals surface area contributed by atoms with Gasteiger partial charge in [0.15, 0.2) is 12.2 Å². The first-order chi connectivity index (χ1) is 24.1. The van der Waals surface area contributed by atoms with E-state index in [1.165, 1.54) is 26.8 Å². The van der Waals surface area contributed by atoms with Crippen LogP contribution in [0.4, 0.5) is 0 Å². The maximum Gasteiger partial charge on any atom is 0.303 e. The Hall–Kier alpha value is -5.55. The molecule has 0 spiro atoms. The summed E-state index contributed by atoms with van der Waals surface area (Å²) in [7, 11) is 0. The number of carbonyl (C=O) groups is 3. The minimum Gasteiger partial charge on any atom is -0.508 e. The second-order valence-electron chi connectivity index (χ2n) is 11.7. The zero-order valence-corrected chi connectivity index (χ0v) is 28.1. The van der Waals surface area contributed by atoms with Crippen LogP contribution in [-0.4, -0.2) is 54.2 Å². The third kappa shape index (κ3) is 10.2. The SMILES string of the molecule is CC(=O)O[C@@H]1[C@@H](OC(C)=O)[C@H](Oc2ccc(CCc3ccc(OCc4ccccc4)cc3OCc3ccccc3)c(O)c2)OC[C@H]1OC(C)=O. The summed E-state index contributed by atoms with van der Waals surface area (Å²) in [5.74, 6) is -0.432. The molecule has 1 aliphatic rings. The molecule has 1 N–H and O–H groups in total. The van der Waals surface area contributed by atoms with Gasteiger partial charge in [0, 0.05) is 32.9 Å². The van der Waals surface area contributed by atoms with Crippen LogP contribution in [0.5, 0.6) is 23.0 Å². The Morgan fingerprint density at radius 1 is 0.660 bits per heavy atom. The van der Waals surface area contributed by atoms with E-state index in [1.807, 2.05) is 78.9 Å². The lowest BCUT2D eigenvalue weighted by atomic mass is 10.0. The maximum absolute atomic E-state index is 12.0. The maximum atomic E-state index is 12.0. The summed E-state index contributed by atoms with van der Waals surface area (Å²) in [6, 6.07) is 30.3. The average molecular weight is 685 g/mol. The number of ether oxygens (including phenoxy) is 7. The van der Waals surface area contributed by atoms with Gasteiger partial charge in [-0.3, -0.25) is 14.4 Å². The highest BCUT2D eigenvalue weighted by Crippen LogP contribution is 2.32. The van der Waals surface area contributed by atoms with Crippen molar-refractivity contribution in [1.29, 1.82) is 0 Å². The van der Waals surface area contributed by atoms with Crippen LogP contribution < -0.4 is 14.2 Å². The van der Waals surface area contributed by atoms with E-state index in [9.17, 15) is 19.5 Å². The summed E-state index contributed by atoms with van der Waals surface area (Å²) in [5, 5.41) is 11.0. The van der Waals surface area contributed by atoms with Gasteiger partial charge >= 0.3 is 17.9 Å². The lowest BCUT2D eigenvalue weighted by Crippen LogP contribution is -2.59. The Kier molecular flexibility index (Phi) is 12.3. The highest BCUT2D eigenvalue weighted by Gasteiger charge is 2.48. The smallest absolute Gasteiger partial charge is 0.303 e. The number of rotatable bonds is 14. The van der Waals surface area contributed by atoms with E-state index in [0.717, 1.165) is 16.7 Å². The summed E-state index contributed by atoms with van der Waals surface area (Å²) >= 11 is 0. The molecule has 4 aromatic carbocycles. The van der Waals surface area contributed by atoms with Crippen LogP contribution in [-0.2, 0) is 59.4 Å². The van der Waals surface area contributed by atoms with Crippen LogP contribution in [0.25, 0.3) is 0 Å². The highest BCUT2D eigenvalue weighted by atomic mass is 16.7. The van der Waals surface area contributed by atoms with Crippen molar-refractivity contribution in [2.24, 2.45) is 0 Å². The van der Waals surface area contributed by atoms with E-state index in [4.69, 9.17) is 33.2 Å². The normalized spacial score (nSPS) is 18.4. The fourth-order valence-corrected chi connectivity index (χ4v) is 5.48. The van der Waals surface area contributed by atoms with Gasteiger partial charge in [-0.15, -0.1) is 0 Å². The molecule has 0 radical (unpaired) electrons. The number of hydrogen-bond acceptors (Lipinski definition) is 11. The third-order valence-electron chi connectivity index (χ3n) is 7.80. The number of phenolic OH excluding ortho intramolecular Hbond substituents is 1. The summed E-state index contributed by atoms with van der Waals surface area (Å²) in [6.07, 6.45) is -3.66. The Balaban J connectivity index is 1.28. The van der Waals surface area contributed by atoms with Crippen LogP contribution in [0, 0.1) is 0 Å². The average Bonchev–Trinajstić information content (AvgIpc) is 3.09. The van der Waals surface area contributed by atoms with Crippen molar-refractivity contribution in [3.05, 3.63) is 119 Å². The topological polar surface area (TPSA) is 136 Å². The number of benzene rings is 4. The Morgan fingerprint density at radius 3 is 1.84 bits per heavy atom. The minimum absolute atomic E-state index is 0.0220. The van der Waals surface area contributed by atoms with Crippen LogP contribution in [0.1, 0.15) is 43.0 Å². The third-order valence-corrected chi connectivity index (χ3v) is 7.80. The monoisotopic (exact) mass is 684 g/mol. The van der Waals surface area contributed by atoms with E-state index >= 15 is 0 Å². The van der Waals surface area contributed by atoms with Crippen molar-refractivity contribution < 1.29 is 52.6 Å². The van der Waals surface area contributed by atoms with Gasteiger partial charge in [-0.25, -0.2) is 0 Å². The molecule has 5 rings (SSSR count). The second kappa shape index (κ2) is 17.2. The summed E-state index contributed by atoms with van der Waals surface area (Å²) < 4.78 is 40.1. The van der Waals surface area contributed by atoms with Crippen LogP contribution in [0.15, 0.2) is 97.1 Å². The van der Waals surface area contributed by atoms with Crippen LogP contribution in [0.3, 0.4) is 0 Å². The molecule has 1 fully saturated rings. The predicted molar refractivity (Wildman–Crippen MR) is 181 cm³/mol. The van der Waals surface area contributed by atoms with Crippen LogP contribution in [0.2, 0.25) is 0 Å². The molecule has 0 bridgehead atoms. The molecular weight excluding hydrogens is 644 g/mol. The van der Waals surface area contributed by atoms with E-state index in [1.54, 1.807) is 12.1 Å². The van der Waals surface area contributed by atoms with Crippen molar-refractivity contribution in [2.45, 2.75) is 71.4 Å². The Labute approximate surface area is 290 Å². The molecule has 4 aromatic rings. The highest BCUT2D eigenvalue weighted by molar-refractivity contribution is 5.68. The summed E-state index contributed by atoms with van der Waals surface area (Å²) in [4.78, 5) is 35.5. The lowest BCUT2D eigenvalue weighted by Gasteiger charge is -2.40. The second-order valence-corrected chi connectivity index (χ2v) is 11.7. The minimum atomic E-state index is -1.26. The van der Waals surface area contributed by atoms with Crippen molar-refractivity contribution in [1.82, 2.24) is 0 Å². The lowest BCUT2D eigenvalue weighted by molar-refractivity contribution is -0.259. The number of phenols is 1. The standard InChI is InChI=1S/C39H40O11/c1-25(40)47-36-24-46-39(38(49-27(3)42)37(36)48-26(2)41)50-33-19-16-30(34(43)20-33)14-15-31-17-18-32(44-22-28-10-6-4-7-11-28)21-35(31)45-23-29-12-8-5-9-13-29/h4-13,16-21,36-39,43H,14-15,22-24H2,1-3H3/t36-,37+,38-,39+/m1/s1. The molecule has 0 aliphatic carbocycles. The molecule has 0 aromatic heterocycles. The molecule has 4 atom stereocenters.